The lowest BCUT2D eigenvalue weighted by molar-refractivity contribution is -0.132. The average molecular weight is 277 g/mol. The van der Waals surface area contributed by atoms with E-state index in [1.165, 1.54) is 18.6 Å². The van der Waals surface area contributed by atoms with E-state index in [0.29, 0.717) is 12.3 Å². The highest BCUT2D eigenvalue weighted by molar-refractivity contribution is 5.90. The van der Waals surface area contributed by atoms with Gasteiger partial charge in [0.2, 0.25) is 0 Å². The van der Waals surface area contributed by atoms with Gasteiger partial charge in [0.05, 0.1) is 5.54 Å². The van der Waals surface area contributed by atoms with Crippen molar-refractivity contribution in [2.24, 2.45) is 5.92 Å². The number of carbonyl (C=O) groups is 1. The molecule has 2 nitrogen and oxygen atoms in total. The summed E-state index contributed by atoms with van der Waals surface area (Å²) in [5.41, 5.74) is 0.558. The fourth-order valence-electron chi connectivity index (χ4n) is 3.38. The standard InChI is InChI=1S/C17H24FNO/c1-13-5-4-10-17(12-13,19(2)3)16(20)11-14-6-8-15(18)9-7-14/h6-9,13H,4-5,10-12H2,1-3H3. The summed E-state index contributed by atoms with van der Waals surface area (Å²) in [7, 11) is 4.00. The molecule has 3 heteroatoms. The largest absolute Gasteiger partial charge is 0.297 e. The third-order valence-corrected chi connectivity index (χ3v) is 4.63. The summed E-state index contributed by atoms with van der Waals surface area (Å²) in [5, 5.41) is 0. The Morgan fingerprint density at radius 3 is 2.55 bits per heavy atom. The van der Waals surface area contributed by atoms with Crippen molar-refractivity contribution in [3.63, 3.8) is 0 Å². The maximum absolute atomic E-state index is 12.9. The number of benzene rings is 1. The Kier molecular flexibility index (Phi) is 4.59. The number of carbonyl (C=O) groups excluding carboxylic acids is 1. The van der Waals surface area contributed by atoms with Gasteiger partial charge in [-0.05, 0) is 50.6 Å². The van der Waals surface area contributed by atoms with Crippen molar-refractivity contribution < 1.29 is 9.18 Å². The van der Waals surface area contributed by atoms with Gasteiger partial charge in [-0.3, -0.25) is 9.69 Å². The molecule has 2 unspecified atom stereocenters. The van der Waals surface area contributed by atoms with Crippen LogP contribution in [0.3, 0.4) is 0 Å². The first-order valence-corrected chi connectivity index (χ1v) is 7.39. The summed E-state index contributed by atoms with van der Waals surface area (Å²) in [6.07, 6.45) is 4.57. The molecule has 1 aromatic rings. The maximum atomic E-state index is 12.9. The van der Waals surface area contributed by atoms with Gasteiger partial charge in [0.1, 0.15) is 5.82 Å². The highest BCUT2D eigenvalue weighted by Gasteiger charge is 2.42. The van der Waals surface area contributed by atoms with E-state index in [4.69, 9.17) is 0 Å². The van der Waals surface area contributed by atoms with Crippen molar-refractivity contribution in [2.45, 2.75) is 44.6 Å². The van der Waals surface area contributed by atoms with Crippen molar-refractivity contribution in [1.29, 1.82) is 0 Å². The third kappa shape index (κ3) is 3.09. The van der Waals surface area contributed by atoms with Gasteiger partial charge in [0.15, 0.2) is 5.78 Å². The Labute approximate surface area is 121 Å². The topological polar surface area (TPSA) is 20.3 Å². The number of Topliss-reactive ketones (excluding diaryl/α,β-unsaturated/α-hetero) is 1. The predicted molar refractivity (Wildman–Crippen MR) is 79.2 cm³/mol. The van der Waals surface area contributed by atoms with Crippen LogP contribution in [0, 0.1) is 11.7 Å². The number of ketones is 1. The molecular formula is C17H24FNO. The molecule has 2 atom stereocenters. The van der Waals surface area contributed by atoms with E-state index < -0.39 is 0 Å². The summed E-state index contributed by atoms with van der Waals surface area (Å²) in [5.74, 6) is 0.596. The number of hydrogen-bond acceptors (Lipinski definition) is 2. The number of halogens is 1. The summed E-state index contributed by atoms with van der Waals surface area (Å²) in [4.78, 5) is 14.9. The average Bonchev–Trinajstić information content (AvgIpc) is 2.41. The minimum Gasteiger partial charge on any atom is -0.297 e. The van der Waals surface area contributed by atoms with Crippen molar-refractivity contribution in [1.82, 2.24) is 4.90 Å². The van der Waals surface area contributed by atoms with Crippen LogP contribution in [0.1, 0.15) is 38.2 Å². The summed E-state index contributed by atoms with van der Waals surface area (Å²) >= 11 is 0. The van der Waals surface area contributed by atoms with E-state index in [-0.39, 0.29) is 17.1 Å². The molecule has 2 rings (SSSR count). The molecule has 0 saturated heterocycles. The fraction of sp³-hybridized carbons (Fsp3) is 0.588. The van der Waals surface area contributed by atoms with Gasteiger partial charge in [0.25, 0.3) is 0 Å². The highest BCUT2D eigenvalue weighted by atomic mass is 19.1. The first-order valence-electron chi connectivity index (χ1n) is 7.39. The molecule has 0 radical (unpaired) electrons. The van der Waals surface area contributed by atoms with E-state index >= 15 is 0 Å². The number of hydrogen-bond donors (Lipinski definition) is 0. The zero-order chi connectivity index (χ0) is 14.8. The predicted octanol–water partition coefficient (Wildman–Crippen LogP) is 3.45. The smallest absolute Gasteiger partial charge is 0.157 e. The van der Waals surface area contributed by atoms with Crippen LogP contribution in [-0.4, -0.2) is 30.3 Å². The molecular weight excluding hydrogens is 253 g/mol. The molecule has 1 fully saturated rings. The SMILES string of the molecule is CC1CCCC(C(=O)Cc2ccc(F)cc2)(N(C)C)C1. The zero-order valence-electron chi connectivity index (χ0n) is 12.7. The molecule has 0 spiro atoms. The first kappa shape index (κ1) is 15.2. The van der Waals surface area contributed by atoms with Crippen molar-refractivity contribution in [2.75, 3.05) is 14.1 Å². The van der Waals surface area contributed by atoms with Crippen molar-refractivity contribution >= 4 is 5.78 Å². The lowest BCUT2D eigenvalue weighted by Crippen LogP contribution is -2.54. The third-order valence-electron chi connectivity index (χ3n) is 4.63. The van der Waals surface area contributed by atoms with Crippen LogP contribution in [-0.2, 0) is 11.2 Å². The van der Waals surface area contributed by atoms with Crippen LogP contribution in [0.5, 0.6) is 0 Å². The second-order valence-corrected chi connectivity index (χ2v) is 6.35. The molecule has 1 saturated carbocycles. The summed E-state index contributed by atoms with van der Waals surface area (Å²) in [6.45, 7) is 2.22. The highest BCUT2D eigenvalue weighted by Crippen LogP contribution is 2.37. The lowest BCUT2D eigenvalue weighted by Gasteiger charge is -2.44. The molecule has 1 aromatic carbocycles. The minimum atomic E-state index is -0.341. The van der Waals surface area contributed by atoms with Gasteiger partial charge < -0.3 is 0 Å². The van der Waals surface area contributed by atoms with Crippen LogP contribution >= 0.6 is 0 Å². The van der Waals surface area contributed by atoms with Gasteiger partial charge in [-0.2, -0.15) is 0 Å². The second kappa shape index (κ2) is 6.04. The molecule has 0 heterocycles. The number of nitrogens with zero attached hydrogens (tertiary/aromatic N) is 1. The van der Waals surface area contributed by atoms with Crippen LogP contribution in [0.25, 0.3) is 0 Å². The molecule has 0 amide bonds. The summed E-state index contributed by atoms with van der Waals surface area (Å²) < 4.78 is 12.9. The van der Waals surface area contributed by atoms with E-state index in [2.05, 4.69) is 11.8 Å². The van der Waals surface area contributed by atoms with E-state index in [1.54, 1.807) is 12.1 Å². The van der Waals surface area contributed by atoms with Crippen LogP contribution in [0.15, 0.2) is 24.3 Å². The minimum absolute atomic E-state index is 0.255. The molecule has 1 aliphatic rings. The first-order chi connectivity index (χ1) is 9.44. The Balaban J connectivity index is 2.17. The number of rotatable bonds is 4. The monoisotopic (exact) mass is 277 g/mol. The van der Waals surface area contributed by atoms with Gasteiger partial charge in [0, 0.05) is 6.42 Å². The van der Waals surface area contributed by atoms with Crippen LogP contribution < -0.4 is 0 Å². The van der Waals surface area contributed by atoms with Gasteiger partial charge >= 0.3 is 0 Å². The molecule has 0 bridgehead atoms. The maximum Gasteiger partial charge on any atom is 0.157 e. The van der Waals surface area contributed by atoms with Gasteiger partial charge in [-0.25, -0.2) is 4.39 Å². The fourth-order valence-corrected chi connectivity index (χ4v) is 3.38. The van der Waals surface area contributed by atoms with E-state index in [0.717, 1.165) is 24.8 Å². The molecule has 110 valence electrons. The Hall–Kier alpha value is -1.22. The number of likely N-dealkylation sites (N-methyl/N-ethyl adjacent to an activating group) is 1. The Bertz CT molecular complexity index is 468. The molecule has 20 heavy (non-hydrogen) atoms. The van der Waals surface area contributed by atoms with E-state index in [1.807, 2.05) is 14.1 Å². The normalized spacial score (nSPS) is 26.8. The van der Waals surface area contributed by atoms with Crippen molar-refractivity contribution in [3.8, 4) is 0 Å². The molecule has 1 aliphatic carbocycles. The molecule has 0 N–H and O–H groups in total. The molecule has 0 aromatic heterocycles. The Morgan fingerprint density at radius 1 is 1.35 bits per heavy atom. The van der Waals surface area contributed by atoms with Gasteiger partial charge in [-0.15, -0.1) is 0 Å². The summed E-state index contributed by atoms with van der Waals surface area (Å²) in [6, 6.07) is 6.27. The molecule has 0 aliphatic heterocycles. The second-order valence-electron chi connectivity index (χ2n) is 6.35. The quantitative estimate of drug-likeness (QED) is 0.840. The zero-order valence-corrected chi connectivity index (χ0v) is 12.7. The van der Waals surface area contributed by atoms with E-state index in [9.17, 15) is 9.18 Å². The van der Waals surface area contributed by atoms with Crippen LogP contribution in [0.4, 0.5) is 4.39 Å². The van der Waals surface area contributed by atoms with Gasteiger partial charge in [-0.1, -0.05) is 31.9 Å². The van der Waals surface area contributed by atoms with Crippen LogP contribution in [0.2, 0.25) is 0 Å². The van der Waals surface area contributed by atoms with Crippen molar-refractivity contribution in [3.05, 3.63) is 35.6 Å². The Morgan fingerprint density at radius 2 is 2.00 bits per heavy atom. The lowest BCUT2D eigenvalue weighted by atomic mass is 9.72.